The van der Waals surface area contributed by atoms with Crippen LogP contribution in [-0.2, 0) is 16.0 Å². The maximum absolute atomic E-state index is 12.1. The molecule has 8 nitrogen and oxygen atoms in total. The standard InChI is InChI=1S/C18H17NO6.CH5N/c1-19-9-14-8-13(4-7-16(14)23-10-19)18(22)25-11-24-17(21)12-2-5-15(20)6-3-12;1-2/h2-8,20H,9-11H2,1H3;2H2,1H3. The first-order valence-corrected chi connectivity index (χ1v) is 8.18. The molecule has 27 heavy (non-hydrogen) atoms. The minimum absolute atomic E-state index is 0.0463. The van der Waals surface area contributed by atoms with E-state index in [2.05, 4.69) is 5.73 Å². The van der Waals surface area contributed by atoms with Gasteiger partial charge in [0.2, 0.25) is 6.79 Å². The van der Waals surface area contributed by atoms with Crippen molar-refractivity contribution >= 4 is 11.9 Å². The van der Waals surface area contributed by atoms with Crippen molar-refractivity contribution in [1.29, 1.82) is 0 Å². The molecule has 3 rings (SSSR count). The molecule has 0 unspecified atom stereocenters. The third-order valence-corrected chi connectivity index (χ3v) is 3.66. The van der Waals surface area contributed by atoms with E-state index in [1.54, 1.807) is 18.2 Å². The van der Waals surface area contributed by atoms with Crippen LogP contribution in [0.25, 0.3) is 0 Å². The number of ether oxygens (including phenoxy) is 3. The Kier molecular flexibility index (Phi) is 7.16. The lowest BCUT2D eigenvalue weighted by atomic mass is 10.1. The Morgan fingerprint density at radius 2 is 1.67 bits per heavy atom. The summed E-state index contributed by atoms with van der Waals surface area (Å²) < 4.78 is 15.4. The number of carbonyl (C=O) groups is 2. The van der Waals surface area contributed by atoms with Gasteiger partial charge in [0.15, 0.2) is 0 Å². The van der Waals surface area contributed by atoms with Gasteiger partial charge < -0.3 is 25.1 Å². The van der Waals surface area contributed by atoms with Gasteiger partial charge >= 0.3 is 11.9 Å². The third kappa shape index (κ3) is 5.44. The van der Waals surface area contributed by atoms with Crippen LogP contribution in [-0.4, -0.2) is 49.6 Å². The van der Waals surface area contributed by atoms with Crippen LogP contribution in [0.3, 0.4) is 0 Å². The molecule has 0 amide bonds. The average Bonchev–Trinajstić information content (AvgIpc) is 2.69. The van der Waals surface area contributed by atoms with Crippen molar-refractivity contribution in [2.45, 2.75) is 6.54 Å². The van der Waals surface area contributed by atoms with Crippen LogP contribution in [0.5, 0.6) is 11.5 Å². The van der Waals surface area contributed by atoms with E-state index in [4.69, 9.17) is 14.2 Å². The van der Waals surface area contributed by atoms with Gasteiger partial charge in [-0.3, -0.25) is 4.90 Å². The number of phenolic OH excluding ortho intramolecular Hbond substituents is 1. The highest BCUT2D eigenvalue weighted by molar-refractivity contribution is 5.91. The zero-order valence-electron chi connectivity index (χ0n) is 15.2. The molecule has 2 aromatic rings. The van der Waals surface area contributed by atoms with Gasteiger partial charge in [-0.15, -0.1) is 0 Å². The second-order valence-corrected chi connectivity index (χ2v) is 5.64. The topological polar surface area (TPSA) is 111 Å². The minimum atomic E-state index is -0.645. The van der Waals surface area contributed by atoms with E-state index in [0.717, 1.165) is 11.3 Å². The quantitative estimate of drug-likeness (QED) is 0.615. The van der Waals surface area contributed by atoms with E-state index in [9.17, 15) is 14.7 Å². The molecule has 8 heteroatoms. The number of rotatable bonds is 4. The molecule has 0 saturated heterocycles. The molecule has 0 fully saturated rings. The van der Waals surface area contributed by atoms with Crippen molar-refractivity contribution in [2.75, 3.05) is 27.6 Å². The van der Waals surface area contributed by atoms with Crippen molar-refractivity contribution in [2.24, 2.45) is 5.73 Å². The van der Waals surface area contributed by atoms with Crippen LogP contribution in [0, 0.1) is 0 Å². The molecule has 0 bridgehead atoms. The van der Waals surface area contributed by atoms with Crippen molar-refractivity contribution in [3.63, 3.8) is 0 Å². The highest BCUT2D eigenvalue weighted by Gasteiger charge is 2.17. The van der Waals surface area contributed by atoms with Gasteiger partial charge in [-0.05, 0) is 56.6 Å². The Bertz CT molecular complexity index is 791. The predicted octanol–water partition coefficient (Wildman–Crippen LogP) is 1.72. The summed E-state index contributed by atoms with van der Waals surface area (Å²) in [5.41, 5.74) is 6.01. The number of phenols is 1. The van der Waals surface area contributed by atoms with Crippen molar-refractivity contribution in [3.05, 3.63) is 59.2 Å². The first kappa shape index (κ1) is 20.2. The number of aromatic hydroxyl groups is 1. The number of fused-ring (bicyclic) bond motifs is 1. The zero-order valence-corrected chi connectivity index (χ0v) is 15.2. The van der Waals surface area contributed by atoms with Gasteiger partial charge in [-0.1, -0.05) is 0 Å². The van der Waals surface area contributed by atoms with Crippen LogP contribution in [0.2, 0.25) is 0 Å². The lowest BCUT2D eigenvalue weighted by Gasteiger charge is -2.25. The molecule has 1 aliphatic heterocycles. The normalized spacial score (nSPS) is 12.7. The lowest BCUT2D eigenvalue weighted by Crippen LogP contribution is -2.28. The van der Waals surface area contributed by atoms with Crippen LogP contribution >= 0.6 is 0 Å². The van der Waals surface area contributed by atoms with E-state index >= 15 is 0 Å². The first-order chi connectivity index (χ1) is 13.0. The summed E-state index contributed by atoms with van der Waals surface area (Å²) in [5, 5.41) is 9.18. The zero-order chi connectivity index (χ0) is 19.8. The number of hydrogen-bond donors (Lipinski definition) is 2. The molecule has 2 aromatic carbocycles. The molecule has 1 aliphatic rings. The molecule has 3 N–H and O–H groups in total. The summed E-state index contributed by atoms with van der Waals surface area (Å²) >= 11 is 0. The van der Waals surface area contributed by atoms with Crippen molar-refractivity contribution < 1.29 is 28.9 Å². The molecular formula is C19H22N2O6. The summed E-state index contributed by atoms with van der Waals surface area (Å²) in [4.78, 5) is 25.8. The maximum Gasteiger partial charge on any atom is 0.341 e. The summed E-state index contributed by atoms with van der Waals surface area (Å²) in [6.07, 6.45) is 0. The fraction of sp³-hybridized carbons (Fsp3) is 0.263. The van der Waals surface area contributed by atoms with Crippen LogP contribution in [0.4, 0.5) is 0 Å². The van der Waals surface area contributed by atoms with Gasteiger partial charge in [0.25, 0.3) is 0 Å². The van der Waals surface area contributed by atoms with E-state index in [1.807, 2.05) is 11.9 Å². The summed E-state index contributed by atoms with van der Waals surface area (Å²) in [6.45, 7) is 0.683. The SMILES string of the molecule is CN.CN1COc2ccc(C(=O)OCOC(=O)c3ccc(O)cc3)cc2C1. The molecular weight excluding hydrogens is 352 g/mol. The minimum Gasteiger partial charge on any atom is -0.508 e. The molecule has 0 spiro atoms. The van der Waals surface area contributed by atoms with E-state index in [-0.39, 0.29) is 11.3 Å². The Hall–Kier alpha value is -3.10. The second kappa shape index (κ2) is 9.56. The van der Waals surface area contributed by atoms with E-state index < -0.39 is 18.7 Å². The summed E-state index contributed by atoms with van der Waals surface area (Å²) in [7, 11) is 3.41. The van der Waals surface area contributed by atoms with Crippen LogP contribution in [0.15, 0.2) is 42.5 Å². The molecule has 0 aromatic heterocycles. The van der Waals surface area contributed by atoms with Gasteiger partial charge in [-0.25, -0.2) is 9.59 Å². The van der Waals surface area contributed by atoms with Gasteiger partial charge in [-0.2, -0.15) is 0 Å². The number of benzene rings is 2. The first-order valence-electron chi connectivity index (χ1n) is 8.18. The number of carbonyl (C=O) groups excluding carboxylic acids is 2. The van der Waals surface area contributed by atoms with E-state index in [1.165, 1.54) is 31.3 Å². The second-order valence-electron chi connectivity index (χ2n) is 5.64. The molecule has 144 valence electrons. The Morgan fingerprint density at radius 3 is 2.33 bits per heavy atom. The maximum atomic E-state index is 12.1. The highest BCUT2D eigenvalue weighted by Crippen LogP contribution is 2.25. The fourth-order valence-electron chi connectivity index (χ4n) is 2.39. The van der Waals surface area contributed by atoms with Crippen LogP contribution in [0.1, 0.15) is 26.3 Å². The smallest absolute Gasteiger partial charge is 0.341 e. The Labute approximate surface area is 157 Å². The number of nitrogens with zero attached hydrogens (tertiary/aromatic N) is 1. The monoisotopic (exact) mass is 374 g/mol. The van der Waals surface area contributed by atoms with Crippen molar-refractivity contribution in [3.8, 4) is 11.5 Å². The van der Waals surface area contributed by atoms with Gasteiger partial charge in [0.05, 0.1) is 11.1 Å². The van der Waals surface area contributed by atoms with Crippen LogP contribution < -0.4 is 10.5 Å². The van der Waals surface area contributed by atoms with Crippen molar-refractivity contribution in [1.82, 2.24) is 4.90 Å². The Balaban J connectivity index is 0.00000126. The van der Waals surface area contributed by atoms with E-state index in [0.29, 0.717) is 18.8 Å². The fourth-order valence-corrected chi connectivity index (χ4v) is 2.39. The molecule has 0 radical (unpaired) electrons. The number of nitrogens with two attached hydrogens (primary N) is 1. The third-order valence-electron chi connectivity index (χ3n) is 3.66. The molecule has 0 atom stereocenters. The summed E-state index contributed by atoms with van der Waals surface area (Å²) in [6, 6.07) is 10.6. The van der Waals surface area contributed by atoms with Gasteiger partial charge in [0, 0.05) is 12.1 Å². The molecule has 0 saturated carbocycles. The largest absolute Gasteiger partial charge is 0.508 e. The average molecular weight is 374 g/mol. The summed E-state index contributed by atoms with van der Waals surface area (Å²) in [5.74, 6) is -0.443. The Morgan fingerprint density at radius 1 is 1.07 bits per heavy atom. The predicted molar refractivity (Wildman–Crippen MR) is 97.3 cm³/mol. The lowest BCUT2D eigenvalue weighted by molar-refractivity contribution is -0.0167. The number of hydrogen-bond acceptors (Lipinski definition) is 8. The highest BCUT2D eigenvalue weighted by atomic mass is 16.7. The molecule has 1 heterocycles. The van der Waals surface area contributed by atoms with Gasteiger partial charge in [0.1, 0.15) is 18.2 Å². The number of esters is 2. The molecule has 0 aliphatic carbocycles.